The lowest BCUT2D eigenvalue weighted by atomic mass is 10.1. The van der Waals surface area contributed by atoms with Crippen molar-refractivity contribution in [3.05, 3.63) is 21.9 Å². The molecule has 0 atom stereocenters. The van der Waals surface area contributed by atoms with E-state index in [1.54, 1.807) is 11.3 Å². The predicted octanol–water partition coefficient (Wildman–Crippen LogP) is 2.37. The lowest BCUT2D eigenvalue weighted by molar-refractivity contribution is 0.0983. The molecule has 2 N–H and O–H groups in total. The summed E-state index contributed by atoms with van der Waals surface area (Å²) < 4.78 is 0. The minimum absolute atomic E-state index is 0.256. The highest BCUT2D eigenvalue weighted by Crippen LogP contribution is 2.17. The number of carbonyl (C=O) groups excluding carboxylic acids is 1. The van der Waals surface area contributed by atoms with Crippen molar-refractivity contribution >= 4 is 17.1 Å². The average molecular weight is 197 g/mol. The Kier molecular flexibility index (Phi) is 4.12. The van der Waals surface area contributed by atoms with Crippen molar-refractivity contribution in [1.29, 1.82) is 0 Å². The van der Waals surface area contributed by atoms with E-state index in [-0.39, 0.29) is 5.78 Å². The first-order chi connectivity index (χ1) is 6.24. The fourth-order valence-corrected chi connectivity index (χ4v) is 1.97. The number of hydrogen-bond donors (Lipinski definition) is 1. The first-order valence-electron chi connectivity index (χ1n) is 4.53. The molecule has 0 aliphatic heterocycles. The molecule has 0 aliphatic carbocycles. The van der Waals surface area contributed by atoms with Crippen LogP contribution >= 0.6 is 11.3 Å². The van der Waals surface area contributed by atoms with E-state index in [2.05, 4.69) is 0 Å². The van der Waals surface area contributed by atoms with Crippen molar-refractivity contribution in [1.82, 2.24) is 0 Å². The molecule has 1 aromatic heterocycles. The van der Waals surface area contributed by atoms with Gasteiger partial charge in [0.2, 0.25) is 0 Å². The second-order valence-corrected chi connectivity index (χ2v) is 4.37. The molecule has 1 heterocycles. The van der Waals surface area contributed by atoms with Crippen molar-refractivity contribution in [2.45, 2.75) is 26.2 Å². The summed E-state index contributed by atoms with van der Waals surface area (Å²) >= 11 is 1.57. The molecule has 0 unspecified atom stereocenters. The Labute approximate surface area is 82.8 Å². The fraction of sp³-hybridized carbons (Fsp3) is 0.500. The summed E-state index contributed by atoms with van der Waals surface area (Å²) in [7, 11) is 0. The largest absolute Gasteiger partial charge is 0.330 e. The molecule has 0 saturated heterocycles. The molecule has 0 fully saturated rings. The third-order valence-electron chi connectivity index (χ3n) is 1.87. The number of rotatable bonds is 5. The van der Waals surface area contributed by atoms with Gasteiger partial charge in [-0.3, -0.25) is 4.79 Å². The summed E-state index contributed by atoms with van der Waals surface area (Å²) in [5.74, 6) is 0.256. The van der Waals surface area contributed by atoms with Crippen molar-refractivity contribution in [2.75, 3.05) is 6.54 Å². The number of unbranched alkanes of at least 4 members (excludes halogenated alkanes) is 1. The molecule has 1 aromatic rings. The van der Waals surface area contributed by atoms with Gasteiger partial charge in [0.15, 0.2) is 5.78 Å². The normalized spacial score (nSPS) is 10.3. The number of carbonyl (C=O) groups is 1. The van der Waals surface area contributed by atoms with Gasteiger partial charge in [-0.2, -0.15) is 0 Å². The Hall–Kier alpha value is -0.670. The summed E-state index contributed by atoms with van der Waals surface area (Å²) in [6, 6.07) is 3.89. The van der Waals surface area contributed by atoms with Crippen LogP contribution in [0.3, 0.4) is 0 Å². The maximum absolute atomic E-state index is 11.5. The predicted molar refractivity (Wildman–Crippen MR) is 56.3 cm³/mol. The maximum Gasteiger partial charge on any atom is 0.172 e. The Morgan fingerprint density at radius 2 is 2.23 bits per heavy atom. The number of hydrogen-bond acceptors (Lipinski definition) is 3. The van der Waals surface area contributed by atoms with Gasteiger partial charge in [0.1, 0.15) is 0 Å². The molecule has 0 bridgehead atoms. The van der Waals surface area contributed by atoms with E-state index >= 15 is 0 Å². The van der Waals surface area contributed by atoms with Crippen LogP contribution in [-0.4, -0.2) is 12.3 Å². The van der Waals surface area contributed by atoms with Crippen LogP contribution < -0.4 is 5.73 Å². The highest BCUT2D eigenvalue weighted by molar-refractivity contribution is 7.14. The lowest BCUT2D eigenvalue weighted by Crippen LogP contribution is -2.01. The smallest absolute Gasteiger partial charge is 0.172 e. The summed E-state index contributed by atoms with van der Waals surface area (Å²) in [6.07, 6.45) is 2.49. The van der Waals surface area contributed by atoms with Crippen molar-refractivity contribution in [3.63, 3.8) is 0 Å². The average Bonchev–Trinajstić information content (AvgIpc) is 2.52. The second kappa shape index (κ2) is 5.14. The van der Waals surface area contributed by atoms with E-state index < -0.39 is 0 Å². The lowest BCUT2D eigenvalue weighted by Gasteiger charge is -1.96. The van der Waals surface area contributed by atoms with E-state index in [4.69, 9.17) is 5.73 Å². The Morgan fingerprint density at radius 3 is 2.77 bits per heavy atom. The van der Waals surface area contributed by atoms with Gasteiger partial charge >= 0.3 is 0 Å². The summed E-state index contributed by atoms with van der Waals surface area (Å²) in [4.78, 5) is 13.6. The number of Topliss-reactive ketones (excluding diaryl/α,β-unsaturated/α-hetero) is 1. The molecule has 0 spiro atoms. The molecule has 13 heavy (non-hydrogen) atoms. The Morgan fingerprint density at radius 1 is 1.46 bits per heavy atom. The van der Waals surface area contributed by atoms with Gasteiger partial charge in [-0.1, -0.05) is 0 Å². The van der Waals surface area contributed by atoms with Gasteiger partial charge < -0.3 is 5.73 Å². The van der Waals surface area contributed by atoms with E-state index in [0.29, 0.717) is 13.0 Å². The third kappa shape index (κ3) is 3.28. The molecule has 0 saturated carbocycles. The minimum Gasteiger partial charge on any atom is -0.330 e. The van der Waals surface area contributed by atoms with Crippen LogP contribution in [0, 0.1) is 6.92 Å². The molecule has 0 amide bonds. The monoisotopic (exact) mass is 197 g/mol. The van der Waals surface area contributed by atoms with Crippen molar-refractivity contribution < 1.29 is 4.79 Å². The molecular weight excluding hydrogens is 182 g/mol. The van der Waals surface area contributed by atoms with Gasteiger partial charge in [-0.15, -0.1) is 11.3 Å². The van der Waals surface area contributed by atoms with Gasteiger partial charge in [0.25, 0.3) is 0 Å². The zero-order chi connectivity index (χ0) is 9.68. The molecule has 2 nitrogen and oxygen atoms in total. The summed E-state index contributed by atoms with van der Waals surface area (Å²) in [5.41, 5.74) is 5.35. The van der Waals surface area contributed by atoms with Crippen LogP contribution in [0.25, 0.3) is 0 Å². The van der Waals surface area contributed by atoms with Gasteiger partial charge in [-0.25, -0.2) is 0 Å². The van der Waals surface area contributed by atoms with E-state index in [1.165, 1.54) is 4.88 Å². The molecule has 0 aliphatic rings. The zero-order valence-electron chi connectivity index (χ0n) is 7.88. The quantitative estimate of drug-likeness (QED) is 0.581. The molecule has 3 heteroatoms. The van der Waals surface area contributed by atoms with Crippen LogP contribution in [0.2, 0.25) is 0 Å². The SMILES string of the molecule is Cc1ccc(C(=O)CCCCN)s1. The number of thiophene rings is 1. The van der Waals surface area contributed by atoms with Crippen LogP contribution in [-0.2, 0) is 0 Å². The molecule has 72 valence electrons. The number of nitrogens with two attached hydrogens (primary N) is 1. The van der Waals surface area contributed by atoms with Crippen molar-refractivity contribution in [2.24, 2.45) is 5.73 Å². The molecular formula is C10H15NOS. The summed E-state index contributed by atoms with van der Waals surface area (Å²) in [6.45, 7) is 2.69. The minimum atomic E-state index is 0.256. The van der Waals surface area contributed by atoms with Crippen LogP contribution in [0.1, 0.15) is 33.8 Å². The number of ketones is 1. The highest BCUT2D eigenvalue weighted by Gasteiger charge is 2.06. The van der Waals surface area contributed by atoms with Crippen LogP contribution in [0.15, 0.2) is 12.1 Å². The van der Waals surface area contributed by atoms with Gasteiger partial charge in [-0.05, 0) is 38.4 Å². The zero-order valence-corrected chi connectivity index (χ0v) is 8.69. The van der Waals surface area contributed by atoms with Crippen LogP contribution in [0.4, 0.5) is 0 Å². The first kappa shape index (κ1) is 10.4. The summed E-state index contributed by atoms with van der Waals surface area (Å²) in [5, 5.41) is 0. The second-order valence-electron chi connectivity index (χ2n) is 3.08. The standard InChI is InChI=1S/C10H15NOS/c1-8-5-6-10(13-8)9(12)4-2-3-7-11/h5-6H,2-4,7,11H2,1H3. The van der Waals surface area contributed by atoms with E-state index in [0.717, 1.165) is 17.7 Å². The molecule has 1 rings (SSSR count). The highest BCUT2D eigenvalue weighted by atomic mass is 32.1. The molecule has 0 aromatic carbocycles. The van der Waals surface area contributed by atoms with E-state index in [9.17, 15) is 4.79 Å². The first-order valence-corrected chi connectivity index (χ1v) is 5.35. The van der Waals surface area contributed by atoms with E-state index in [1.807, 2.05) is 19.1 Å². The van der Waals surface area contributed by atoms with Crippen LogP contribution in [0.5, 0.6) is 0 Å². The van der Waals surface area contributed by atoms with Gasteiger partial charge in [0, 0.05) is 11.3 Å². The molecule has 0 radical (unpaired) electrons. The topological polar surface area (TPSA) is 43.1 Å². The van der Waals surface area contributed by atoms with Crippen molar-refractivity contribution in [3.8, 4) is 0 Å². The van der Waals surface area contributed by atoms with Gasteiger partial charge in [0.05, 0.1) is 4.88 Å². The number of aryl methyl sites for hydroxylation is 1. The maximum atomic E-state index is 11.5. The Bertz CT molecular complexity index is 280. The Balaban J connectivity index is 2.40. The third-order valence-corrected chi connectivity index (χ3v) is 2.91. The fourth-order valence-electron chi connectivity index (χ4n) is 1.14.